The van der Waals surface area contributed by atoms with Crippen LogP contribution in [0.2, 0.25) is 0 Å². The van der Waals surface area contributed by atoms with E-state index >= 15 is 0 Å². The van der Waals surface area contributed by atoms with Crippen molar-refractivity contribution in [2.45, 2.75) is 55.1 Å². The van der Waals surface area contributed by atoms with E-state index < -0.39 is 22.6 Å². The lowest BCUT2D eigenvalue weighted by Gasteiger charge is -2.34. The van der Waals surface area contributed by atoms with Gasteiger partial charge in [-0.15, -0.1) is 11.8 Å². The predicted octanol–water partition coefficient (Wildman–Crippen LogP) is 3.17. The number of aliphatic hydroxyl groups is 1. The third kappa shape index (κ3) is 3.82. The Morgan fingerprint density at radius 2 is 1.91 bits per heavy atom. The molecule has 5 atom stereocenters. The summed E-state index contributed by atoms with van der Waals surface area (Å²) in [5.74, 6) is -1.44. The number of carbonyl (C=O) groups excluding carboxylic acids is 3. The summed E-state index contributed by atoms with van der Waals surface area (Å²) in [7, 11) is 0. The number of nitrogens with one attached hydrogen (secondary N) is 2. The van der Waals surface area contributed by atoms with Crippen LogP contribution in [0.15, 0.2) is 42.5 Å². The fraction of sp³-hybridized carbons (Fsp3) is 0.519. The molecule has 3 fully saturated rings. The van der Waals surface area contributed by atoms with Gasteiger partial charge in [0.15, 0.2) is 0 Å². The summed E-state index contributed by atoms with van der Waals surface area (Å²) in [5.41, 5.74) is 0.684. The number of likely N-dealkylation sites (tertiary alicyclic amines) is 1. The van der Waals surface area contributed by atoms with E-state index in [1.54, 1.807) is 16.7 Å². The van der Waals surface area contributed by atoms with E-state index in [-0.39, 0.29) is 29.1 Å². The molecule has 2 unspecified atom stereocenters. The van der Waals surface area contributed by atoms with Gasteiger partial charge < -0.3 is 20.6 Å². The average Bonchev–Trinajstić information content (AvgIpc) is 3.41. The van der Waals surface area contributed by atoms with Gasteiger partial charge in [0.1, 0.15) is 6.04 Å². The standard InChI is InChI=1S/C27H33N3O4S/c1-3-13-28-23(32)20-21-25(34)30(14-6-15-31)22(27(21)12-11-26(20,2)35-27)24(33)29-19-10-9-17-7-4-5-8-18(17)16-19/h4-5,7-10,16,20-22,31H,3,6,11-15H2,1-2H3,(H,28,32)(H,29,33)/t20-,21-,22?,26+,27?/m0/s1. The highest BCUT2D eigenvalue weighted by atomic mass is 32.2. The normalized spacial score (nSPS) is 31.1. The van der Waals surface area contributed by atoms with Crippen molar-refractivity contribution in [3.63, 3.8) is 0 Å². The highest BCUT2D eigenvalue weighted by Crippen LogP contribution is 2.71. The maximum absolute atomic E-state index is 13.9. The second kappa shape index (κ2) is 9.13. The zero-order chi connectivity index (χ0) is 24.8. The molecule has 0 aliphatic carbocycles. The van der Waals surface area contributed by atoms with Gasteiger partial charge in [0.05, 0.1) is 16.6 Å². The van der Waals surface area contributed by atoms with E-state index in [1.807, 2.05) is 49.4 Å². The first kappa shape index (κ1) is 24.1. The molecule has 35 heavy (non-hydrogen) atoms. The first-order valence-electron chi connectivity index (χ1n) is 12.5. The lowest BCUT2D eigenvalue weighted by Crippen LogP contribution is -2.52. The molecule has 186 valence electrons. The minimum absolute atomic E-state index is 0.0638. The van der Waals surface area contributed by atoms with Gasteiger partial charge in [0.2, 0.25) is 17.7 Å². The van der Waals surface area contributed by atoms with Crippen molar-refractivity contribution in [1.29, 1.82) is 0 Å². The number of anilines is 1. The van der Waals surface area contributed by atoms with Gasteiger partial charge in [0, 0.05) is 30.1 Å². The minimum Gasteiger partial charge on any atom is -0.396 e. The molecule has 7 nitrogen and oxygen atoms in total. The summed E-state index contributed by atoms with van der Waals surface area (Å²) in [4.78, 5) is 42.6. The number of benzene rings is 2. The highest BCUT2D eigenvalue weighted by molar-refractivity contribution is 8.02. The number of carbonyl (C=O) groups is 3. The average molecular weight is 496 g/mol. The van der Waals surface area contributed by atoms with E-state index in [9.17, 15) is 19.5 Å². The van der Waals surface area contributed by atoms with Crippen LogP contribution in [-0.4, -0.2) is 63.0 Å². The van der Waals surface area contributed by atoms with Crippen molar-refractivity contribution in [1.82, 2.24) is 10.2 Å². The molecule has 3 aliphatic heterocycles. The van der Waals surface area contributed by atoms with Gasteiger partial charge in [0.25, 0.3) is 0 Å². The molecule has 0 saturated carbocycles. The lowest BCUT2D eigenvalue weighted by molar-refractivity contribution is -0.140. The van der Waals surface area contributed by atoms with Crippen LogP contribution in [0.5, 0.6) is 0 Å². The molecule has 2 bridgehead atoms. The number of rotatable bonds is 8. The topological polar surface area (TPSA) is 98.7 Å². The van der Waals surface area contributed by atoms with Gasteiger partial charge in [-0.05, 0) is 55.5 Å². The molecule has 3 amide bonds. The number of aliphatic hydroxyl groups excluding tert-OH is 1. The second-order valence-electron chi connectivity index (χ2n) is 10.2. The maximum atomic E-state index is 13.9. The molecule has 1 spiro atoms. The molecule has 0 radical (unpaired) electrons. The van der Waals surface area contributed by atoms with Crippen LogP contribution >= 0.6 is 11.8 Å². The van der Waals surface area contributed by atoms with Gasteiger partial charge in [-0.1, -0.05) is 37.3 Å². The zero-order valence-corrected chi connectivity index (χ0v) is 21.1. The molecule has 3 saturated heterocycles. The van der Waals surface area contributed by atoms with Gasteiger partial charge in [-0.2, -0.15) is 0 Å². The van der Waals surface area contributed by atoms with Crippen LogP contribution in [0.1, 0.15) is 39.5 Å². The Kier molecular flexibility index (Phi) is 6.30. The SMILES string of the molecule is CCCNC(=O)[C@@H]1[C@H]2C(=O)N(CCCO)C(C(=O)Nc3ccc4ccccc4c3)C23CC[C@@]1(C)S3. The summed E-state index contributed by atoms with van der Waals surface area (Å²) in [6.45, 7) is 4.88. The quantitative estimate of drug-likeness (QED) is 0.523. The molecule has 2 aromatic rings. The number of amides is 3. The minimum atomic E-state index is -0.686. The number of nitrogens with zero attached hydrogens (tertiary/aromatic N) is 1. The fourth-order valence-electron chi connectivity index (χ4n) is 6.44. The first-order chi connectivity index (χ1) is 16.8. The van der Waals surface area contributed by atoms with Crippen LogP contribution in [0.4, 0.5) is 5.69 Å². The maximum Gasteiger partial charge on any atom is 0.248 e. The van der Waals surface area contributed by atoms with Crippen LogP contribution in [0.3, 0.4) is 0 Å². The van der Waals surface area contributed by atoms with Crippen molar-refractivity contribution in [3.8, 4) is 0 Å². The fourth-order valence-corrected chi connectivity index (χ4v) is 8.80. The van der Waals surface area contributed by atoms with Gasteiger partial charge >= 0.3 is 0 Å². The Bertz CT molecular complexity index is 1170. The van der Waals surface area contributed by atoms with Crippen molar-refractivity contribution in [3.05, 3.63) is 42.5 Å². The number of hydrogen-bond acceptors (Lipinski definition) is 5. The van der Waals surface area contributed by atoms with E-state index in [1.165, 1.54) is 0 Å². The monoisotopic (exact) mass is 495 g/mol. The predicted molar refractivity (Wildman–Crippen MR) is 138 cm³/mol. The van der Waals surface area contributed by atoms with Gasteiger partial charge in [-0.3, -0.25) is 14.4 Å². The molecule has 8 heteroatoms. The zero-order valence-electron chi connectivity index (χ0n) is 20.3. The van der Waals surface area contributed by atoms with Gasteiger partial charge in [-0.25, -0.2) is 0 Å². The number of fused-ring (bicyclic) bond motifs is 2. The van der Waals surface area contributed by atoms with Crippen molar-refractivity contribution in [2.75, 3.05) is 25.0 Å². The Morgan fingerprint density at radius 3 is 2.66 bits per heavy atom. The molecule has 5 rings (SSSR count). The molecule has 3 N–H and O–H groups in total. The number of thioether (sulfide) groups is 1. The summed E-state index contributed by atoms with van der Waals surface area (Å²) in [5, 5.41) is 17.7. The van der Waals surface area contributed by atoms with Crippen LogP contribution in [-0.2, 0) is 14.4 Å². The molecule has 3 aliphatic rings. The number of hydrogen-bond donors (Lipinski definition) is 3. The van der Waals surface area contributed by atoms with Crippen molar-refractivity contribution in [2.24, 2.45) is 11.8 Å². The summed E-state index contributed by atoms with van der Waals surface area (Å²) in [6.07, 6.45) is 2.72. The third-order valence-corrected chi connectivity index (χ3v) is 9.92. The van der Waals surface area contributed by atoms with E-state index in [4.69, 9.17) is 0 Å². The molecular formula is C27H33N3O4S. The first-order valence-corrected chi connectivity index (χ1v) is 13.3. The van der Waals surface area contributed by atoms with E-state index in [0.29, 0.717) is 31.6 Å². The van der Waals surface area contributed by atoms with Crippen molar-refractivity contribution < 1.29 is 19.5 Å². The summed E-state index contributed by atoms with van der Waals surface area (Å²) >= 11 is 1.67. The highest BCUT2D eigenvalue weighted by Gasteiger charge is 2.76. The largest absolute Gasteiger partial charge is 0.396 e. The Balaban J connectivity index is 1.49. The second-order valence-corrected chi connectivity index (χ2v) is 12.1. The summed E-state index contributed by atoms with van der Waals surface area (Å²) in [6, 6.07) is 13.1. The summed E-state index contributed by atoms with van der Waals surface area (Å²) < 4.78 is -1.01. The Hall–Kier alpha value is -2.58. The molecule has 0 aromatic heterocycles. The molecule has 2 aromatic carbocycles. The van der Waals surface area contributed by atoms with E-state index in [2.05, 4.69) is 17.6 Å². The van der Waals surface area contributed by atoms with E-state index in [0.717, 1.165) is 23.6 Å². The Morgan fingerprint density at radius 1 is 1.14 bits per heavy atom. The van der Waals surface area contributed by atoms with Crippen LogP contribution in [0, 0.1) is 11.8 Å². The van der Waals surface area contributed by atoms with Crippen molar-refractivity contribution >= 4 is 45.9 Å². The lowest BCUT2D eigenvalue weighted by atomic mass is 9.66. The molecule has 3 heterocycles. The van der Waals surface area contributed by atoms with Crippen LogP contribution in [0.25, 0.3) is 10.8 Å². The Labute approximate surface area is 210 Å². The smallest absolute Gasteiger partial charge is 0.248 e. The molecular weight excluding hydrogens is 462 g/mol. The van der Waals surface area contributed by atoms with Crippen LogP contribution < -0.4 is 10.6 Å². The third-order valence-electron chi connectivity index (χ3n) is 7.93.